The van der Waals surface area contributed by atoms with Crippen LogP contribution in [0.1, 0.15) is 13.8 Å². The van der Waals surface area contributed by atoms with Crippen molar-refractivity contribution in [3.8, 4) is 0 Å². The number of aromatic nitrogens is 2. The van der Waals surface area contributed by atoms with E-state index < -0.39 is 15.1 Å². The largest absolute Gasteiger partial charge is 0.247 e. The molecule has 0 spiro atoms. The van der Waals surface area contributed by atoms with Crippen molar-refractivity contribution < 1.29 is 46.2 Å². The molecule has 0 aromatic carbocycles. The molecular weight excluding hydrogens is 252 g/mol. The Morgan fingerprint density at radius 1 is 1.31 bits per heavy atom. The predicted molar refractivity (Wildman–Crippen MR) is 58.0 cm³/mol. The van der Waals surface area contributed by atoms with E-state index >= 15 is 0 Å². The Bertz CT molecular complexity index is 433. The van der Waals surface area contributed by atoms with Crippen molar-refractivity contribution >= 4 is 9.84 Å². The minimum atomic E-state index is -3.44. The molecule has 0 bridgehead atoms. The normalized spacial score (nSPS) is 14.6. The van der Waals surface area contributed by atoms with Gasteiger partial charge in [-0.05, 0) is 18.9 Å². The van der Waals surface area contributed by atoms with E-state index in [0.717, 1.165) is 0 Å². The molecule has 0 saturated carbocycles. The van der Waals surface area contributed by atoms with Crippen LogP contribution in [0.5, 0.6) is 0 Å². The van der Waals surface area contributed by atoms with E-state index in [1.807, 2.05) is 0 Å². The summed E-state index contributed by atoms with van der Waals surface area (Å²) in [5.41, 5.74) is 0. The maximum Gasteiger partial charge on any atom is 0.247 e. The number of nitrogens with zero attached hydrogens (tertiary/aromatic N) is 2. The molecule has 1 heterocycles. The van der Waals surface area contributed by atoms with Gasteiger partial charge in [0.05, 0.1) is 5.25 Å². The van der Waals surface area contributed by atoms with Crippen LogP contribution in [0.15, 0.2) is 36.3 Å². The summed E-state index contributed by atoms with van der Waals surface area (Å²) >= 11 is 0. The minimum Gasteiger partial charge on any atom is -0.227 e. The Morgan fingerprint density at radius 2 is 1.81 bits per heavy atom. The first kappa shape index (κ1) is 16.0. The second kappa shape index (κ2) is 6.69. The van der Waals surface area contributed by atoms with E-state index in [4.69, 9.17) is 0 Å². The maximum absolute atomic E-state index is 12.0. The average Bonchev–Trinajstić information content (AvgIpc) is 2.28. The van der Waals surface area contributed by atoms with Gasteiger partial charge in [0.1, 0.15) is 0 Å². The summed E-state index contributed by atoms with van der Waals surface area (Å²) in [6.45, 7) is 7.02. The standard InChI is InChI=1S/C10H14N2O2S.Ar/c1-4-8(2)9(3)15(13,14)10-11-6-5-7-12-10;/h4-9H,1H2,2-3H3;/t8-,9+;/m0./s1. The first-order chi connectivity index (χ1) is 7.00. The van der Waals surface area contributed by atoms with Gasteiger partial charge in [-0.3, -0.25) is 0 Å². The summed E-state index contributed by atoms with van der Waals surface area (Å²) in [5.74, 6) is -0.126. The second-order valence-electron chi connectivity index (χ2n) is 3.38. The topological polar surface area (TPSA) is 59.9 Å². The fourth-order valence-electron chi connectivity index (χ4n) is 1.07. The van der Waals surface area contributed by atoms with Crippen LogP contribution in [0.3, 0.4) is 0 Å². The first-order valence-electron chi connectivity index (χ1n) is 4.63. The minimum absolute atomic E-state index is 0. The predicted octanol–water partition coefficient (Wildman–Crippen LogP) is 1.46. The zero-order chi connectivity index (χ0) is 11.5. The zero-order valence-corrected chi connectivity index (χ0v) is 10.7. The number of hydrogen-bond donors (Lipinski definition) is 0. The Labute approximate surface area is 126 Å². The molecule has 0 aliphatic heterocycles. The quantitative estimate of drug-likeness (QED) is 0.611. The molecule has 2 atom stereocenters. The number of allylic oxidation sites excluding steroid dienone is 1. The molecule has 6 heteroatoms. The van der Waals surface area contributed by atoms with Crippen LogP contribution in [-0.4, -0.2) is 23.6 Å². The molecule has 1 aromatic heterocycles. The molecule has 0 N–H and O–H groups in total. The van der Waals surface area contributed by atoms with E-state index in [1.165, 1.54) is 12.4 Å². The molecule has 0 saturated heterocycles. The van der Waals surface area contributed by atoms with Gasteiger partial charge in [-0.15, -0.1) is 6.58 Å². The van der Waals surface area contributed by atoms with Crippen LogP contribution in [0.4, 0.5) is 0 Å². The maximum atomic E-state index is 12.0. The molecule has 16 heavy (non-hydrogen) atoms. The van der Waals surface area contributed by atoms with Gasteiger partial charge in [-0.25, -0.2) is 18.4 Å². The number of hydrogen-bond acceptors (Lipinski definition) is 4. The fourth-order valence-corrected chi connectivity index (χ4v) is 2.50. The van der Waals surface area contributed by atoms with Gasteiger partial charge in [0.25, 0.3) is 0 Å². The van der Waals surface area contributed by atoms with Crippen molar-refractivity contribution in [3.63, 3.8) is 0 Å². The molecule has 0 radical (unpaired) electrons. The van der Waals surface area contributed by atoms with Crippen LogP contribution >= 0.6 is 0 Å². The summed E-state index contributed by atoms with van der Waals surface area (Å²) in [6, 6.07) is 1.58. The molecule has 0 unspecified atom stereocenters. The molecular formula is C10H14ArN2O2S. The molecule has 0 fully saturated rings. The number of sulfone groups is 1. The Hall–Kier alpha value is 0.0297. The molecule has 0 aliphatic carbocycles. The van der Waals surface area contributed by atoms with Crippen LogP contribution in [-0.2, 0) is 9.84 Å². The van der Waals surface area contributed by atoms with Gasteiger partial charge in [0.2, 0.25) is 15.0 Å². The van der Waals surface area contributed by atoms with Crippen molar-refractivity contribution in [1.29, 1.82) is 0 Å². The van der Waals surface area contributed by atoms with Gasteiger partial charge in [0.15, 0.2) is 0 Å². The van der Waals surface area contributed by atoms with Crippen molar-refractivity contribution in [1.82, 2.24) is 9.97 Å². The van der Waals surface area contributed by atoms with E-state index in [2.05, 4.69) is 16.5 Å². The third-order valence-electron chi connectivity index (χ3n) is 2.40. The third kappa shape index (κ3) is 3.52. The van der Waals surface area contributed by atoms with E-state index in [9.17, 15) is 8.42 Å². The fraction of sp³-hybridized carbons (Fsp3) is 0.400. The third-order valence-corrected chi connectivity index (χ3v) is 4.53. The number of rotatable bonds is 4. The molecule has 1 aromatic rings. The van der Waals surface area contributed by atoms with Gasteiger partial charge in [-0.1, -0.05) is 13.0 Å². The van der Waals surface area contributed by atoms with Crippen molar-refractivity contribution in [2.24, 2.45) is 5.92 Å². The van der Waals surface area contributed by atoms with Crippen molar-refractivity contribution in [3.05, 3.63) is 31.1 Å². The zero-order valence-electron chi connectivity index (χ0n) is 9.14. The van der Waals surface area contributed by atoms with Gasteiger partial charge >= 0.3 is 0 Å². The first-order valence-corrected chi connectivity index (χ1v) is 6.18. The molecule has 0 amide bonds. The van der Waals surface area contributed by atoms with Crippen LogP contribution in [0.25, 0.3) is 0 Å². The summed E-state index contributed by atoms with van der Waals surface area (Å²) in [5, 5.41) is -0.677. The van der Waals surface area contributed by atoms with Gasteiger partial charge in [-0.2, -0.15) is 0 Å². The van der Waals surface area contributed by atoms with Crippen molar-refractivity contribution in [2.75, 3.05) is 0 Å². The van der Waals surface area contributed by atoms with Gasteiger partial charge in [0, 0.05) is 50.1 Å². The van der Waals surface area contributed by atoms with E-state index in [0.29, 0.717) is 0 Å². The summed E-state index contributed by atoms with van der Waals surface area (Å²) in [6.07, 6.45) is 4.46. The molecule has 90 valence electrons. The molecule has 4 nitrogen and oxygen atoms in total. The summed E-state index contributed by atoms with van der Waals surface area (Å²) < 4.78 is 23.9. The van der Waals surface area contributed by atoms with E-state index in [1.54, 1.807) is 26.0 Å². The Morgan fingerprint density at radius 3 is 2.25 bits per heavy atom. The second-order valence-corrected chi connectivity index (χ2v) is 5.58. The van der Waals surface area contributed by atoms with Crippen LogP contribution in [0.2, 0.25) is 0 Å². The van der Waals surface area contributed by atoms with Crippen molar-refractivity contribution in [2.45, 2.75) is 24.3 Å². The summed E-state index contributed by atoms with van der Waals surface area (Å²) in [4.78, 5) is 7.51. The summed E-state index contributed by atoms with van der Waals surface area (Å²) in [7, 11) is -3.44. The molecule has 0 aliphatic rings. The Kier molecular flexibility index (Phi) is 6.70. The monoisotopic (exact) mass is 266 g/mol. The molecule has 1 rings (SSSR count). The van der Waals surface area contributed by atoms with Crippen LogP contribution < -0.4 is 0 Å². The average molecular weight is 266 g/mol. The van der Waals surface area contributed by atoms with Gasteiger partial charge < -0.3 is 0 Å². The van der Waals surface area contributed by atoms with E-state index in [-0.39, 0.29) is 48.8 Å². The van der Waals surface area contributed by atoms with Crippen LogP contribution in [0, 0.1) is 43.7 Å². The smallest absolute Gasteiger partial charge is 0.227 e. The SMILES string of the molecule is C=C[C@H](C)[C@@H](C)S(=O)(=O)c1ncccn1.[Ar]. The Balaban J connectivity index is 0.00000225.